The molecule has 0 bridgehead atoms. The zero-order valence-electron chi connectivity index (χ0n) is 11.7. The number of carbonyl (C=O) groups excluding carboxylic acids is 1. The van der Waals surface area contributed by atoms with Crippen molar-refractivity contribution in [2.75, 3.05) is 7.11 Å². The minimum absolute atomic E-state index is 0.576. The van der Waals surface area contributed by atoms with Gasteiger partial charge >= 0.3 is 0 Å². The average Bonchev–Trinajstić information content (AvgIpc) is 2.85. The topological polar surface area (TPSA) is 56.5 Å². The predicted molar refractivity (Wildman–Crippen MR) is 80.5 cm³/mol. The molecule has 0 amide bonds. The molecule has 0 N–H and O–H groups in total. The summed E-state index contributed by atoms with van der Waals surface area (Å²) in [6.07, 6.45) is 1.53. The van der Waals surface area contributed by atoms with E-state index in [-0.39, 0.29) is 0 Å². The first-order valence-corrected chi connectivity index (χ1v) is 6.42. The maximum Gasteiger partial charge on any atom is 0.240 e. The van der Waals surface area contributed by atoms with Crippen molar-refractivity contribution in [2.24, 2.45) is 12.0 Å². The lowest BCUT2D eigenvalue weighted by Crippen LogP contribution is -1.89. The largest absolute Gasteiger partial charge is 0.497 e. The van der Waals surface area contributed by atoms with Gasteiger partial charge in [0.1, 0.15) is 11.4 Å². The van der Waals surface area contributed by atoms with Crippen LogP contribution in [0.5, 0.6) is 5.75 Å². The molecule has 104 valence electrons. The van der Waals surface area contributed by atoms with Crippen LogP contribution < -0.4 is 4.74 Å². The molecule has 1 heterocycles. The summed E-state index contributed by atoms with van der Waals surface area (Å²) in [7, 11) is 3.55. The Labute approximate surface area is 121 Å². The number of benzene rings is 2. The van der Waals surface area contributed by atoms with Crippen molar-refractivity contribution in [1.82, 2.24) is 9.78 Å². The van der Waals surface area contributed by atoms with Crippen LogP contribution in [0, 0.1) is 0 Å². The summed E-state index contributed by atoms with van der Waals surface area (Å²) in [5, 5.41) is 5.58. The van der Waals surface area contributed by atoms with Crippen molar-refractivity contribution in [1.29, 1.82) is 0 Å². The molecule has 0 saturated heterocycles. The number of aliphatic imine (C=N–C) groups is 1. The van der Waals surface area contributed by atoms with Gasteiger partial charge in [0.15, 0.2) is 0 Å². The van der Waals surface area contributed by atoms with E-state index in [0.29, 0.717) is 5.69 Å². The molecule has 0 aliphatic heterocycles. The van der Waals surface area contributed by atoms with Crippen LogP contribution in [0.1, 0.15) is 0 Å². The van der Waals surface area contributed by atoms with Crippen LogP contribution in [0.2, 0.25) is 0 Å². The van der Waals surface area contributed by atoms with E-state index in [1.165, 1.54) is 6.08 Å². The Morgan fingerprint density at radius 3 is 2.62 bits per heavy atom. The molecule has 21 heavy (non-hydrogen) atoms. The maximum atomic E-state index is 10.3. The highest BCUT2D eigenvalue weighted by atomic mass is 16.5. The standard InChI is InChI=1S/C16H13N3O2/c1-19-15-8-7-13(21-2)9-14(15)16(18-19)11-3-5-12(6-4-11)17-10-20/h3-9H,1-2H3. The van der Waals surface area contributed by atoms with Crippen LogP contribution in [-0.2, 0) is 11.8 Å². The number of nitrogens with zero attached hydrogens (tertiary/aromatic N) is 3. The van der Waals surface area contributed by atoms with Gasteiger partial charge in [-0.3, -0.25) is 4.68 Å². The van der Waals surface area contributed by atoms with Gasteiger partial charge in [-0.25, -0.2) is 4.79 Å². The van der Waals surface area contributed by atoms with Gasteiger partial charge in [0, 0.05) is 18.0 Å². The molecular formula is C16H13N3O2. The molecule has 0 saturated carbocycles. The van der Waals surface area contributed by atoms with E-state index in [4.69, 9.17) is 4.74 Å². The van der Waals surface area contributed by atoms with Crippen LogP contribution in [0.4, 0.5) is 5.69 Å². The van der Waals surface area contributed by atoms with E-state index in [1.807, 2.05) is 42.1 Å². The van der Waals surface area contributed by atoms with E-state index in [1.54, 1.807) is 19.2 Å². The summed E-state index contributed by atoms with van der Waals surface area (Å²) < 4.78 is 7.11. The maximum absolute atomic E-state index is 10.3. The van der Waals surface area contributed by atoms with Crippen molar-refractivity contribution in [2.45, 2.75) is 0 Å². The number of methoxy groups -OCH3 is 1. The van der Waals surface area contributed by atoms with E-state index in [2.05, 4.69) is 10.1 Å². The molecule has 0 unspecified atom stereocenters. The summed E-state index contributed by atoms with van der Waals surface area (Å²) in [6.45, 7) is 0. The first kappa shape index (κ1) is 13.1. The SMILES string of the molecule is COc1ccc2c(c1)c(-c1ccc(N=C=O)cc1)nn2C. The molecule has 0 atom stereocenters. The van der Waals surface area contributed by atoms with Gasteiger partial charge in [0.05, 0.1) is 18.3 Å². The van der Waals surface area contributed by atoms with Gasteiger partial charge in [0.2, 0.25) is 6.08 Å². The number of isocyanates is 1. The second-order valence-electron chi connectivity index (χ2n) is 4.61. The van der Waals surface area contributed by atoms with E-state index in [0.717, 1.165) is 27.9 Å². The normalized spacial score (nSPS) is 10.4. The number of fused-ring (bicyclic) bond motifs is 1. The lowest BCUT2D eigenvalue weighted by atomic mass is 10.1. The van der Waals surface area contributed by atoms with Gasteiger partial charge in [-0.05, 0) is 30.3 Å². The first-order chi connectivity index (χ1) is 10.2. The number of ether oxygens (including phenoxy) is 1. The molecule has 1 aromatic heterocycles. The van der Waals surface area contributed by atoms with Crippen molar-refractivity contribution in [3.05, 3.63) is 42.5 Å². The van der Waals surface area contributed by atoms with Gasteiger partial charge < -0.3 is 4.74 Å². The lowest BCUT2D eigenvalue weighted by molar-refractivity contribution is 0.415. The van der Waals surface area contributed by atoms with Crippen molar-refractivity contribution in [3.63, 3.8) is 0 Å². The Morgan fingerprint density at radius 1 is 1.19 bits per heavy atom. The molecule has 5 heteroatoms. The Kier molecular flexibility index (Phi) is 3.26. The predicted octanol–water partition coefficient (Wildman–Crippen LogP) is 3.22. The molecular weight excluding hydrogens is 266 g/mol. The number of hydrogen-bond acceptors (Lipinski definition) is 4. The molecule has 5 nitrogen and oxygen atoms in total. The summed E-state index contributed by atoms with van der Waals surface area (Å²) in [5.74, 6) is 0.791. The summed E-state index contributed by atoms with van der Waals surface area (Å²) >= 11 is 0. The van der Waals surface area contributed by atoms with Crippen LogP contribution in [0.25, 0.3) is 22.2 Å². The van der Waals surface area contributed by atoms with Crippen LogP contribution in [-0.4, -0.2) is 23.0 Å². The smallest absolute Gasteiger partial charge is 0.240 e. The minimum Gasteiger partial charge on any atom is -0.497 e. The molecule has 0 radical (unpaired) electrons. The third-order valence-electron chi connectivity index (χ3n) is 3.37. The average molecular weight is 279 g/mol. The molecule has 0 aliphatic rings. The highest BCUT2D eigenvalue weighted by Crippen LogP contribution is 2.31. The summed E-state index contributed by atoms with van der Waals surface area (Å²) in [5.41, 5.74) is 3.43. The Balaban J connectivity index is 2.16. The number of hydrogen-bond donors (Lipinski definition) is 0. The van der Waals surface area contributed by atoms with Crippen molar-refractivity contribution < 1.29 is 9.53 Å². The highest BCUT2D eigenvalue weighted by molar-refractivity contribution is 5.94. The monoisotopic (exact) mass is 279 g/mol. The Hall–Kier alpha value is -2.91. The quantitative estimate of drug-likeness (QED) is 0.546. The van der Waals surface area contributed by atoms with Crippen molar-refractivity contribution in [3.8, 4) is 17.0 Å². The molecule has 0 spiro atoms. The zero-order valence-corrected chi connectivity index (χ0v) is 11.7. The fourth-order valence-electron chi connectivity index (χ4n) is 2.33. The molecule has 3 rings (SSSR count). The minimum atomic E-state index is 0.576. The molecule has 3 aromatic rings. The molecule has 0 fully saturated rings. The van der Waals surface area contributed by atoms with Crippen LogP contribution in [0.3, 0.4) is 0 Å². The lowest BCUT2D eigenvalue weighted by Gasteiger charge is -2.01. The Bertz CT molecular complexity index is 844. The second kappa shape index (κ2) is 5.23. The second-order valence-corrected chi connectivity index (χ2v) is 4.61. The molecule has 0 aliphatic carbocycles. The van der Waals surface area contributed by atoms with E-state index in [9.17, 15) is 4.79 Å². The summed E-state index contributed by atoms with van der Waals surface area (Å²) in [4.78, 5) is 13.8. The Morgan fingerprint density at radius 2 is 1.95 bits per heavy atom. The first-order valence-electron chi connectivity index (χ1n) is 6.42. The van der Waals surface area contributed by atoms with Gasteiger partial charge in [-0.2, -0.15) is 10.1 Å². The van der Waals surface area contributed by atoms with E-state index >= 15 is 0 Å². The van der Waals surface area contributed by atoms with Crippen molar-refractivity contribution >= 4 is 22.7 Å². The highest BCUT2D eigenvalue weighted by Gasteiger charge is 2.11. The third-order valence-corrected chi connectivity index (χ3v) is 3.37. The van der Waals surface area contributed by atoms with Gasteiger partial charge in [-0.1, -0.05) is 12.1 Å². The third kappa shape index (κ3) is 2.30. The fraction of sp³-hybridized carbons (Fsp3) is 0.125. The molecule has 2 aromatic carbocycles. The van der Waals surface area contributed by atoms with Gasteiger partial charge in [0.25, 0.3) is 0 Å². The number of aryl methyl sites for hydroxylation is 1. The fourth-order valence-corrected chi connectivity index (χ4v) is 2.33. The number of aromatic nitrogens is 2. The van der Waals surface area contributed by atoms with E-state index < -0.39 is 0 Å². The number of rotatable bonds is 3. The summed E-state index contributed by atoms with van der Waals surface area (Å²) in [6, 6.07) is 13.2. The zero-order chi connectivity index (χ0) is 14.8. The van der Waals surface area contributed by atoms with Gasteiger partial charge in [-0.15, -0.1) is 0 Å². The van der Waals surface area contributed by atoms with Crippen LogP contribution in [0.15, 0.2) is 47.5 Å². The van der Waals surface area contributed by atoms with Crippen LogP contribution >= 0.6 is 0 Å².